The average Bonchev–Trinajstić information content (AvgIpc) is 3.39. The standard InChI is InChI=1S/C23H24N6O2/c1-28-15-17(18-6-2-3-7-20(18)28)12-22(30)29-10-4-5-16(14-29)11-21-26-23(27-31-21)19-13-24-8-9-25-19/h2-3,6-9,13,15-16H,4-5,10-12,14H2,1H3. The summed E-state index contributed by atoms with van der Waals surface area (Å²) in [5.74, 6) is 1.50. The van der Waals surface area contributed by atoms with Crippen LogP contribution in [-0.4, -0.2) is 48.6 Å². The smallest absolute Gasteiger partial charge is 0.227 e. The van der Waals surface area contributed by atoms with Crippen LogP contribution < -0.4 is 0 Å². The van der Waals surface area contributed by atoms with Crippen molar-refractivity contribution >= 4 is 16.8 Å². The van der Waals surface area contributed by atoms with Crippen molar-refractivity contribution in [2.24, 2.45) is 13.0 Å². The second kappa shape index (κ2) is 8.29. The van der Waals surface area contributed by atoms with E-state index in [4.69, 9.17) is 4.52 Å². The van der Waals surface area contributed by atoms with Crippen molar-refractivity contribution in [1.29, 1.82) is 0 Å². The van der Waals surface area contributed by atoms with E-state index in [0.717, 1.165) is 35.9 Å². The number of aromatic nitrogens is 5. The quantitative estimate of drug-likeness (QED) is 0.497. The summed E-state index contributed by atoms with van der Waals surface area (Å²) < 4.78 is 7.51. The normalized spacial score (nSPS) is 16.7. The lowest BCUT2D eigenvalue weighted by molar-refractivity contribution is -0.132. The van der Waals surface area contributed by atoms with Gasteiger partial charge in [-0.05, 0) is 30.4 Å². The first kappa shape index (κ1) is 19.4. The van der Waals surface area contributed by atoms with Gasteiger partial charge in [-0.15, -0.1) is 0 Å². The van der Waals surface area contributed by atoms with Crippen LogP contribution in [0.2, 0.25) is 0 Å². The second-order valence-electron chi connectivity index (χ2n) is 8.11. The lowest BCUT2D eigenvalue weighted by atomic mass is 9.94. The molecule has 0 radical (unpaired) electrons. The molecule has 3 aromatic heterocycles. The van der Waals surface area contributed by atoms with Gasteiger partial charge < -0.3 is 14.0 Å². The third-order valence-electron chi connectivity index (χ3n) is 5.92. The van der Waals surface area contributed by atoms with Crippen molar-refractivity contribution in [3.8, 4) is 11.5 Å². The van der Waals surface area contributed by atoms with Crippen molar-refractivity contribution in [2.75, 3.05) is 13.1 Å². The number of hydrogen-bond donors (Lipinski definition) is 0. The van der Waals surface area contributed by atoms with E-state index in [1.165, 1.54) is 0 Å². The van der Waals surface area contributed by atoms with Crippen LogP contribution in [0.25, 0.3) is 22.4 Å². The Bertz CT molecular complexity index is 1200. The first-order valence-corrected chi connectivity index (χ1v) is 10.6. The van der Waals surface area contributed by atoms with E-state index >= 15 is 0 Å². The molecule has 0 aliphatic carbocycles. The van der Waals surface area contributed by atoms with Crippen molar-refractivity contribution in [2.45, 2.75) is 25.7 Å². The van der Waals surface area contributed by atoms with Gasteiger partial charge >= 0.3 is 0 Å². The number of rotatable bonds is 5. The third kappa shape index (κ3) is 4.05. The van der Waals surface area contributed by atoms with Gasteiger partial charge in [0, 0.05) is 56.1 Å². The SMILES string of the molecule is Cn1cc(CC(=O)N2CCCC(Cc3nc(-c4cnccn4)no3)C2)c2ccccc21. The number of carbonyl (C=O) groups is 1. The highest BCUT2D eigenvalue weighted by atomic mass is 16.5. The molecule has 1 aliphatic heterocycles. The third-order valence-corrected chi connectivity index (χ3v) is 5.92. The molecule has 0 saturated carbocycles. The van der Waals surface area contributed by atoms with Crippen LogP contribution in [0, 0.1) is 5.92 Å². The highest BCUT2D eigenvalue weighted by molar-refractivity contribution is 5.89. The average molecular weight is 416 g/mol. The molecule has 1 atom stereocenters. The molecule has 1 amide bonds. The Kier molecular flexibility index (Phi) is 5.19. The fourth-order valence-electron chi connectivity index (χ4n) is 4.40. The Labute approximate surface area is 179 Å². The molecule has 1 aliphatic rings. The molecule has 4 heterocycles. The first-order valence-electron chi connectivity index (χ1n) is 10.6. The van der Waals surface area contributed by atoms with Crippen molar-refractivity contribution < 1.29 is 9.32 Å². The zero-order valence-electron chi connectivity index (χ0n) is 17.4. The van der Waals surface area contributed by atoms with Crippen LogP contribution in [0.1, 0.15) is 24.3 Å². The minimum absolute atomic E-state index is 0.173. The lowest BCUT2D eigenvalue weighted by Crippen LogP contribution is -2.41. The van der Waals surface area contributed by atoms with Gasteiger partial charge in [0.05, 0.1) is 12.6 Å². The van der Waals surface area contributed by atoms with E-state index in [2.05, 4.69) is 43.0 Å². The molecule has 8 nitrogen and oxygen atoms in total. The summed E-state index contributed by atoms with van der Waals surface area (Å²) in [4.78, 5) is 27.7. The van der Waals surface area contributed by atoms with Crippen LogP contribution >= 0.6 is 0 Å². The summed E-state index contributed by atoms with van der Waals surface area (Å²) in [5, 5.41) is 5.17. The Hall–Kier alpha value is -3.55. The minimum Gasteiger partial charge on any atom is -0.350 e. The van der Waals surface area contributed by atoms with E-state index in [1.807, 2.05) is 24.1 Å². The summed E-state index contributed by atoms with van der Waals surface area (Å²) >= 11 is 0. The fourth-order valence-corrected chi connectivity index (χ4v) is 4.40. The van der Waals surface area contributed by atoms with Gasteiger partial charge in [-0.3, -0.25) is 9.78 Å². The van der Waals surface area contributed by atoms with Crippen LogP contribution in [0.4, 0.5) is 0 Å². The molecular formula is C23H24N6O2. The number of nitrogens with zero attached hydrogens (tertiary/aromatic N) is 6. The number of hydrogen-bond acceptors (Lipinski definition) is 6. The Morgan fingerprint density at radius 2 is 2.16 bits per heavy atom. The molecule has 1 saturated heterocycles. The first-order chi connectivity index (χ1) is 15.2. The molecule has 158 valence electrons. The molecule has 0 spiro atoms. The van der Waals surface area contributed by atoms with Gasteiger partial charge in [0.25, 0.3) is 0 Å². The maximum atomic E-state index is 13.1. The molecule has 0 N–H and O–H groups in total. The van der Waals surface area contributed by atoms with E-state index < -0.39 is 0 Å². The van der Waals surface area contributed by atoms with E-state index in [-0.39, 0.29) is 5.91 Å². The topological polar surface area (TPSA) is 89.9 Å². The predicted octanol–water partition coefficient (Wildman–Crippen LogP) is 3.04. The number of aryl methyl sites for hydroxylation is 1. The monoisotopic (exact) mass is 416 g/mol. The van der Waals surface area contributed by atoms with Crippen LogP contribution in [-0.2, 0) is 24.7 Å². The summed E-state index contributed by atoms with van der Waals surface area (Å²) in [6.07, 6.45) is 10.00. The van der Waals surface area contributed by atoms with E-state index in [1.54, 1.807) is 18.6 Å². The Morgan fingerprint density at radius 1 is 1.26 bits per heavy atom. The van der Waals surface area contributed by atoms with Gasteiger partial charge in [0.2, 0.25) is 17.6 Å². The van der Waals surface area contributed by atoms with Gasteiger partial charge in [0.1, 0.15) is 5.69 Å². The maximum Gasteiger partial charge on any atom is 0.227 e. The van der Waals surface area contributed by atoms with Crippen molar-refractivity contribution in [3.63, 3.8) is 0 Å². The predicted molar refractivity (Wildman–Crippen MR) is 115 cm³/mol. The van der Waals surface area contributed by atoms with E-state index in [9.17, 15) is 4.79 Å². The number of fused-ring (bicyclic) bond motifs is 1. The second-order valence-corrected chi connectivity index (χ2v) is 8.11. The number of carbonyl (C=O) groups excluding carboxylic acids is 1. The van der Waals surface area contributed by atoms with Crippen LogP contribution in [0.15, 0.2) is 53.6 Å². The fraction of sp³-hybridized carbons (Fsp3) is 0.348. The molecule has 8 heteroatoms. The van der Waals surface area contributed by atoms with Gasteiger partial charge in [-0.2, -0.15) is 4.98 Å². The lowest BCUT2D eigenvalue weighted by Gasteiger charge is -2.32. The number of benzene rings is 1. The van der Waals surface area contributed by atoms with Crippen LogP contribution in [0.3, 0.4) is 0 Å². The zero-order valence-corrected chi connectivity index (χ0v) is 17.4. The molecule has 5 rings (SSSR count). The summed E-state index contributed by atoms with van der Waals surface area (Å²) in [6.45, 7) is 1.52. The van der Waals surface area contributed by atoms with Crippen molar-refractivity contribution in [1.82, 2.24) is 29.6 Å². The highest BCUT2D eigenvalue weighted by Crippen LogP contribution is 2.24. The number of amides is 1. The molecule has 0 bridgehead atoms. The van der Waals surface area contributed by atoms with Gasteiger partial charge in [-0.25, -0.2) is 4.98 Å². The summed E-state index contributed by atoms with van der Waals surface area (Å²) in [6, 6.07) is 8.21. The molecule has 31 heavy (non-hydrogen) atoms. The van der Waals surface area contributed by atoms with Gasteiger partial charge in [0.15, 0.2) is 0 Å². The number of piperidine rings is 1. The summed E-state index contributed by atoms with van der Waals surface area (Å²) in [5.41, 5.74) is 2.82. The van der Waals surface area contributed by atoms with Crippen molar-refractivity contribution in [3.05, 3.63) is 60.5 Å². The minimum atomic E-state index is 0.173. The Balaban J connectivity index is 1.24. The number of para-hydroxylation sites is 1. The largest absolute Gasteiger partial charge is 0.350 e. The number of likely N-dealkylation sites (tertiary alicyclic amines) is 1. The molecule has 1 fully saturated rings. The summed E-state index contributed by atoms with van der Waals surface area (Å²) in [7, 11) is 2.02. The maximum absolute atomic E-state index is 13.1. The molecule has 4 aromatic rings. The molecule has 1 aromatic carbocycles. The zero-order chi connectivity index (χ0) is 21.2. The van der Waals surface area contributed by atoms with Gasteiger partial charge in [-0.1, -0.05) is 23.4 Å². The van der Waals surface area contributed by atoms with Crippen LogP contribution in [0.5, 0.6) is 0 Å². The highest BCUT2D eigenvalue weighted by Gasteiger charge is 2.26. The Morgan fingerprint density at radius 3 is 3.03 bits per heavy atom. The molecular weight excluding hydrogens is 392 g/mol. The van der Waals surface area contributed by atoms with E-state index in [0.29, 0.717) is 42.7 Å². The molecule has 1 unspecified atom stereocenters.